The molecule has 3 N–H and O–H groups in total. The van der Waals surface area contributed by atoms with Gasteiger partial charge in [-0.15, -0.1) is 10.2 Å². The fraction of sp³-hybridized carbons (Fsp3) is 0.167. The molecule has 0 saturated carbocycles. The van der Waals surface area contributed by atoms with Crippen LogP contribution < -0.4 is 5.73 Å². The first-order valence-electron chi connectivity index (χ1n) is 3.01. The molecule has 0 aliphatic carbocycles. The molecule has 5 heteroatoms. The highest BCUT2D eigenvalue weighted by molar-refractivity contribution is 6.02. The highest BCUT2D eigenvalue weighted by Crippen LogP contribution is 1.98. The Balaban J connectivity index is 2.85. The molecular formula is C6H8N4O. The third-order valence-electron chi connectivity index (χ3n) is 1.02. The summed E-state index contributed by atoms with van der Waals surface area (Å²) >= 11 is 0. The SMILES string of the molecule is Cc1nnc(C(=N)/C=C\N)o1. The van der Waals surface area contributed by atoms with Crippen LogP contribution in [0.3, 0.4) is 0 Å². The van der Waals surface area contributed by atoms with E-state index in [4.69, 9.17) is 15.6 Å². The molecule has 0 aromatic carbocycles. The van der Waals surface area contributed by atoms with Crippen LogP contribution in [0.15, 0.2) is 16.7 Å². The van der Waals surface area contributed by atoms with Crippen LogP contribution in [0.5, 0.6) is 0 Å². The minimum atomic E-state index is 0.119. The number of nitrogens with zero attached hydrogens (tertiary/aromatic N) is 2. The molecule has 0 aliphatic heterocycles. The maximum atomic E-state index is 7.28. The Morgan fingerprint density at radius 3 is 2.82 bits per heavy atom. The Kier molecular flexibility index (Phi) is 2.00. The molecule has 5 nitrogen and oxygen atoms in total. The van der Waals surface area contributed by atoms with Crippen molar-refractivity contribution in [3.63, 3.8) is 0 Å². The Bertz CT molecular complexity index is 289. The van der Waals surface area contributed by atoms with Gasteiger partial charge < -0.3 is 10.2 Å². The van der Waals surface area contributed by atoms with E-state index in [-0.39, 0.29) is 11.6 Å². The van der Waals surface area contributed by atoms with Crippen LogP contribution in [0.1, 0.15) is 11.8 Å². The number of nitrogens with one attached hydrogen (secondary N) is 1. The summed E-state index contributed by atoms with van der Waals surface area (Å²) in [6.07, 6.45) is 2.63. The van der Waals surface area contributed by atoms with Gasteiger partial charge >= 0.3 is 0 Å². The average Bonchev–Trinajstić information content (AvgIpc) is 2.36. The summed E-state index contributed by atoms with van der Waals surface area (Å²) in [6, 6.07) is 0. The van der Waals surface area contributed by atoms with Crippen LogP contribution in [0.25, 0.3) is 0 Å². The molecule has 1 rings (SSSR count). The van der Waals surface area contributed by atoms with Crippen molar-refractivity contribution in [2.45, 2.75) is 6.92 Å². The predicted molar refractivity (Wildman–Crippen MR) is 39.2 cm³/mol. The Morgan fingerprint density at radius 1 is 1.64 bits per heavy atom. The van der Waals surface area contributed by atoms with Crippen molar-refractivity contribution >= 4 is 5.71 Å². The lowest BCUT2D eigenvalue weighted by Crippen LogP contribution is -1.95. The Hall–Kier alpha value is -1.65. The van der Waals surface area contributed by atoms with E-state index in [9.17, 15) is 0 Å². The minimum absolute atomic E-state index is 0.119. The average molecular weight is 152 g/mol. The molecule has 0 atom stereocenters. The van der Waals surface area contributed by atoms with Crippen LogP contribution in [0.2, 0.25) is 0 Å². The van der Waals surface area contributed by atoms with Crippen LogP contribution in [0, 0.1) is 12.3 Å². The minimum Gasteiger partial charge on any atom is -0.420 e. The van der Waals surface area contributed by atoms with Gasteiger partial charge in [0.05, 0.1) is 0 Å². The molecule has 1 aromatic heterocycles. The Labute approximate surface area is 63.4 Å². The molecule has 0 spiro atoms. The standard InChI is InChI=1S/C6H8N4O/c1-4-9-10-6(11-4)5(8)2-3-7/h2-3,8H,7H2,1H3/b3-2-,8-5?. The number of hydrogen-bond donors (Lipinski definition) is 2. The highest BCUT2D eigenvalue weighted by atomic mass is 16.4. The molecule has 0 bridgehead atoms. The first-order valence-corrected chi connectivity index (χ1v) is 3.01. The van der Waals surface area contributed by atoms with Gasteiger partial charge in [0.25, 0.3) is 5.89 Å². The van der Waals surface area contributed by atoms with Crippen LogP contribution >= 0.6 is 0 Å². The summed E-state index contributed by atoms with van der Waals surface area (Å²) in [5, 5.41) is 14.5. The van der Waals surface area contributed by atoms with E-state index in [2.05, 4.69) is 10.2 Å². The zero-order valence-electron chi connectivity index (χ0n) is 6.03. The molecule has 0 aliphatic rings. The number of allylic oxidation sites excluding steroid dienone is 1. The topological polar surface area (TPSA) is 88.8 Å². The highest BCUT2D eigenvalue weighted by Gasteiger charge is 2.04. The zero-order chi connectivity index (χ0) is 8.27. The molecule has 0 radical (unpaired) electrons. The van der Waals surface area contributed by atoms with Crippen molar-refractivity contribution in [1.82, 2.24) is 10.2 Å². The molecule has 0 unspecified atom stereocenters. The van der Waals surface area contributed by atoms with Gasteiger partial charge in [-0.05, 0) is 12.3 Å². The second-order valence-corrected chi connectivity index (χ2v) is 1.90. The van der Waals surface area contributed by atoms with E-state index >= 15 is 0 Å². The quantitative estimate of drug-likeness (QED) is 0.593. The second kappa shape index (κ2) is 2.96. The number of aryl methyl sites for hydroxylation is 1. The summed E-state index contributed by atoms with van der Waals surface area (Å²) in [4.78, 5) is 0. The summed E-state index contributed by atoms with van der Waals surface area (Å²) < 4.78 is 4.94. The number of rotatable bonds is 2. The zero-order valence-corrected chi connectivity index (χ0v) is 6.03. The van der Waals surface area contributed by atoms with E-state index in [1.807, 2.05) is 0 Å². The monoisotopic (exact) mass is 152 g/mol. The lowest BCUT2D eigenvalue weighted by molar-refractivity contribution is 0.510. The van der Waals surface area contributed by atoms with Crippen LogP contribution in [0.4, 0.5) is 0 Å². The lowest BCUT2D eigenvalue weighted by atomic mass is 10.4. The molecule has 0 amide bonds. The first kappa shape index (κ1) is 7.46. The van der Waals surface area contributed by atoms with Gasteiger partial charge in [0.15, 0.2) is 0 Å². The van der Waals surface area contributed by atoms with E-state index in [1.165, 1.54) is 12.3 Å². The van der Waals surface area contributed by atoms with E-state index < -0.39 is 0 Å². The molecule has 1 heterocycles. The van der Waals surface area contributed by atoms with Crippen molar-refractivity contribution in [1.29, 1.82) is 5.41 Å². The molecule has 58 valence electrons. The third kappa shape index (κ3) is 1.64. The smallest absolute Gasteiger partial charge is 0.265 e. The van der Waals surface area contributed by atoms with Gasteiger partial charge in [-0.3, -0.25) is 5.41 Å². The van der Waals surface area contributed by atoms with Crippen molar-refractivity contribution in [3.05, 3.63) is 24.1 Å². The maximum absolute atomic E-state index is 7.28. The van der Waals surface area contributed by atoms with Crippen LogP contribution in [-0.2, 0) is 0 Å². The third-order valence-corrected chi connectivity index (χ3v) is 1.02. The van der Waals surface area contributed by atoms with Gasteiger partial charge in [0.2, 0.25) is 5.89 Å². The van der Waals surface area contributed by atoms with E-state index in [1.54, 1.807) is 6.92 Å². The number of nitrogens with two attached hydrogens (primary N) is 1. The summed E-state index contributed by atoms with van der Waals surface area (Å²) in [5.41, 5.74) is 5.18. The lowest BCUT2D eigenvalue weighted by Gasteiger charge is -1.85. The molecule has 1 aromatic rings. The van der Waals surface area contributed by atoms with Gasteiger partial charge in [0, 0.05) is 6.92 Å². The summed E-state index contributed by atoms with van der Waals surface area (Å²) in [6.45, 7) is 1.66. The van der Waals surface area contributed by atoms with Gasteiger partial charge in [-0.1, -0.05) is 0 Å². The maximum Gasteiger partial charge on any atom is 0.265 e. The number of hydrogen-bond acceptors (Lipinski definition) is 5. The summed E-state index contributed by atoms with van der Waals surface area (Å²) in [7, 11) is 0. The normalized spacial score (nSPS) is 10.6. The molecule has 0 saturated heterocycles. The van der Waals surface area contributed by atoms with Gasteiger partial charge in [0.1, 0.15) is 5.71 Å². The van der Waals surface area contributed by atoms with Crippen molar-refractivity contribution in [3.8, 4) is 0 Å². The van der Waals surface area contributed by atoms with Crippen molar-refractivity contribution < 1.29 is 4.42 Å². The largest absolute Gasteiger partial charge is 0.420 e. The van der Waals surface area contributed by atoms with Gasteiger partial charge in [-0.2, -0.15) is 0 Å². The molecule has 0 fully saturated rings. The first-order chi connectivity index (χ1) is 5.24. The number of aromatic nitrogens is 2. The van der Waals surface area contributed by atoms with Crippen LogP contribution in [-0.4, -0.2) is 15.9 Å². The second-order valence-electron chi connectivity index (χ2n) is 1.90. The van der Waals surface area contributed by atoms with Crippen molar-refractivity contribution in [2.24, 2.45) is 5.73 Å². The summed E-state index contributed by atoms with van der Waals surface area (Å²) in [5.74, 6) is 0.624. The molecule has 11 heavy (non-hydrogen) atoms. The van der Waals surface area contributed by atoms with Crippen molar-refractivity contribution in [2.75, 3.05) is 0 Å². The fourth-order valence-electron chi connectivity index (χ4n) is 0.573. The van der Waals surface area contributed by atoms with Gasteiger partial charge in [-0.25, -0.2) is 0 Å². The fourth-order valence-corrected chi connectivity index (χ4v) is 0.573. The molecular weight excluding hydrogens is 144 g/mol. The van der Waals surface area contributed by atoms with E-state index in [0.29, 0.717) is 5.89 Å². The predicted octanol–water partition coefficient (Wildman–Crippen LogP) is 0.218. The van der Waals surface area contributed by atoms with E-state index in [0.717, 1.165) is 0 Å². The Morgan fingerprint density at radius 2 is 2.36 bits per heavy atom.